The quantitative estimate of drug-likeness (QED) is 0.921. The number of ether oxygens (including phenoxy) is 2. The Morgan fingerprint density at radius 1 is 1.09 bits per heavy atom. The largest absolute Gasteiger partial charge is 0.495 e. The van der Waals surface area contributed by atoms with Crippen molar-refractivity contribution in [1.82, 2.24) is 0 Å². The van der Waals surface area contributed by atoms with Crippen LogP contribution >= 0.6 is 0 Å². The van der Waals surface area contributed by atoms with Crippen molar-refractivity contribution in [2.75, 3.05) is 19.5 Å². The molecular weight excluding hydrogens is 285 g/mol. The van der Waals surface area contributed by atoms with Gasteiger partial charge in [0, 0.05) is 0 Å². The zero-order chi connectivity index (χ0) is 16.1. The van der Waals surface area contributed by atoms with E-state index in [9.17, 15) is 9.18 Å². The Balaban J connectivity index is 2.10. The molecule has 5 heteroatoms. The molecule has 116 valence electrons. The van der Waals surface area contributed by atoms with Gasteiger partial charge in [0.2, 0.25) is 5.91 Å². The van der Waals surface area contributed by atoms with Gasteiger partial charge in [-0.2, -0.15) is 0 Å². The van der Waals surface area contributed by atoms with Crippen LogP contribution in [0.15, 0.2) is 36.4 Å². The van der Waals surface area contributed by atoms with Crippen LogP contribution in [-0.2, 0) is 11.2 Å². The van der Waals surface area contributed by atoms with Crippen LogP contribution in [0.5, 0.6) is 11.5 Å². The molecule has 0 heterocycles. The van der Waals surface area contributed by atoms with E-state index in [0.717, 1.165) is 5.56 Å². The Labute approximate surface area is 128 Å². The van der Waals surface area contributed by atoms with Crippen LogP contribution < -0.4 is 14.8 Å². The Kier molecular flexibility index (Phi) is 4.99. The Hall–Kier alpha value is -2.56. The number of methoxy groups -OCH3 is 2. The molecule has 0 radical (unpaired) electrons. The van der Waals surface area contributed by atoms with Gasteiger partial charge in [0.15, 0.2) is 11.6 Å². The zero-order valence-electron chi connectivity index (χ0n) is 12.8. The number of amides is 1. The van der Waals surface area contributed by atoms with Crippen molar-refractivity contribution in [2.24, 2.45) is 0 Å². The number of carbonyl (C=O) groups excluding carboxylic acids is 1. The van der Waals surface area contributed by atoms with E-state index in [2.05, 4.69) is 5.32 Å². The number of hydrogen-bond donors (Lipinski definition) is 1. The number of aryl methyl sites for hydroxylation is 1. The van der Waals surface area contributed by atoms with Crippen molar-refractivity contribution in [3.05, 3.63) is 53.3 Å². The van der Waals surface area contributed by atoms with E-state index in [1.807, 2.05) is 19.1 Å². The topological polar surface area (TPSA) is 47.6 Å². The summed E-state index contributed by atoms with van der Waals surface area (Å²) in [4.78, 5) is 12.1. The summed E-state index contributed by atoms with van der Waals surface area (Å²) in [7, 11) is 2.94. The fourth-order valence-corrected chi connectivity index (χ4v) is 2.12. The van der Waals surface area contributed by atoms with E-state index >= 15 is 0 Å². The van der Waals surface area contributed by atoms with Gasteiger partial charge >= 0.3 is 0 Å². The molecule has 0 aliphatic carbocycles. The molecule has 0 aliphatic heterocycles. The van der Waals surface area contributed by atoms with Gasteiger partial charge in [-0.3, -0.25) is 4.79 Å². The van der Waals surface area contributed by atoms with Gasteiger partial charge in [0.1, 0.15) is 5.75 Å². The summed E-state index contributed by atoms with van der Waals surface area (Å²) >= 11 is 0. The number of carbonyl (C=O) groups is 1. The summed E-state index contributed by atoms with van der Waals surface area (Å²) in [6.07, 6.45) is 0.0675. The number of nitrogens with one attached hydrogen (secondary N) is 1. The first kappa shape index (κ1) is 15.8. The normalized spacial score (nSPS) is 10.2. The fraction of sp³-hybridized carbons (Fsp3) is 0.235. The number of rotatable bonds is 5. The molecule has 0 saturated carbocycles. The monoisotopic (exact) mass is 303 g/mol. The molecule has 4 nitrogen and oxygen atoms in total. The minimum absolute atomic E-state index is 0.0675. The van der Waals surface area contributed by atoms with E-state index < -0.39 is 5.82 Å². The molecular formula is C17H18FNO3. The molecule has 0 aliphatic rings. The molecule has 2 rings (SSSR count). The third kappa shape index (κ3) is 3.75. The van der Waals surface area contributed by atoms with Crippen molar-refractivity contribution in [3.63, 3.8) is 0 Å². The minimum atomic E-state index is -0.485. The van der Waals surface area contributed by atoms with Crippen molar-refractivity contribution in [2.45, 2.75) is 13.3 Å². The molecule has 2 aromatic carbocycles. The van der Waals surface area contributed by atoms with Gasteiger partial charge in [-0.05, 0) is 42.3 Å². The Bertz CT molecular complexity index is 686. The van der Waals surface area contributed by atoms with Gasteiger partial charge in [0.25, 0.3) is 0 Å². The van der Waals surface area contributed by atoms with Crippen LogP contribution in [0.1, 0.15) is 11.1 Å². The molecule has 2 aromatic rings. The molecule has 0 atom stereocenters. The van der Waals surface area contributed by atoms with Gasteiger partial charge in [-0.1, -0.05) is 12.1 Å². The predicted octanol–water partition coefficient (Wildman–Crippen LogP) is 3.33. The first-order chi connectivity index (χ1) is 10.5. The van der Waals surface area contributed by atoms with Crippen LogP contribution in [0.3, 0.4) is 0 Å². The van der Waals surface area contributed by atoms with Crippen molar-refractivity contribution >= 4 is 11.6 Å². The Morgan fingerprint density at radius 3 is 2.41 bits per heavy atom. The summed E-state index contributed by atoms with van der Waals surface area (Å²) in [6.45, 7) is 1.92. The second-order valence-electron chi connectivity index (χ2n) is 4.90. The van der Waals surface area contributed by atoms with Gasteiger partial charge in [0.05, 0.1) is 26.3 Å². The highest BCUT2D eigenvalue weighted by molar-refractivity contribution is 5.93. The summed E-state index contributed by atoms with van der Waals surface area (Å²) in [5, 5.41) is 2.78. The first-order valence-electron chi connectivity index (χ1n) is 6.80. The van der Waals surface area contributed by atoms with E-state index in [4.69, 9.17) is 9.47 Å². The van der Waals surface area contributed by atoms with E-state index in [0.29, 0.717) is 17.0 Å². The highest BCUT2D eigenvalue weighted by Crippen LogP contribution is 2.25. The van der Waals surface area contributed by atoms with Crippen molar-refractivity contribution < 1.29 is 18.7 Å². The third-order valence-corrected chi connectivity index (χ3v) is 3.21. The maximum atomic E-state index is 13.6. The first-order valence-corrected chi connectivity index (χ1v) is 6.80. The predicted molar refractivity (Wildman–Crippen MR) is 83.0 cm³/mol. The lowest BCUT2D eigenvalue weighted by atomic mass is 10.1. The molecule has 0 aromatic heterocycles. The number of halogens is 1. The molecule has 0 saturated heterocycles. The maximum absolute atomic E-state index is 13.6. The smallest absolute Gasteiger partial charge is 0.228 e. The standard InChI is InChI=1S/C17H18FNO3/c1-11-4-6-16(22-3)14(8-11)19-17(20)10-12-5-7-15(21-2)13(18)9-12/h4-9H,10H2,1-3H3,(H,19,20). The van der Waals surface area contributed by atoms with E-state index in [1.54, 1.807) is 19.2 Å². The molecule has 0 spiro atoms. The molecule has 22 heavy (non-hydrogen) atoms. The lowest BCUT2D eigenvalue weighted by molar-refractivity contribution is -0.115. The maximum Gasteiger partial charge on any atom is 0.228 e. The molecule has 0 bridgehead atoms. The zero-order valence-corrected chi connectivity index (χ0v) is 12.8. The van der Waals surface area contributed by atoms with E-state index in [-0.39, 0.29) is 18.1 Å². The summed E-state index contributed by atoms with van der Waals surface area (Å²) in [5.74, 6) is 0.0128. The van der Waals surface area contributed by atoms with Crippen LogP contribution in [0.2, 0.25) is 0 Å². The SMILES string of the molecule is COc1ccc(CC(=O)Nc2cc(C)ccc2OC)cc1F. The van der Waals surface area contributed by atoms with Gasteiger partial charge < -0.3 is 14.8 Å². The number of benzene rings is 2. The average molecular weight is 303 g/mol. The van der Waals surface area contributed by atoms with Crippen molar-refractivity contribution in [3.8, 4) is 11.5 Å². The Morgan fingerprint density at radius 2 is 1.77 bits per heavy atom. The second-order valence-corrected chi connectivity index (χ2v) is 4.90. The molecule has 1 N–H and O–H groups in total. The average Bonchev–Trinajstić information content (AvgIpc) is 2.47. The summed E-state index contributed by atoms with van der Waals surface area (Å²) < 4.78 is 23.7. The highest BCUT2D eigenvalue weighted by Gasteiger charge is 2.10. The lowest BCUT2D eigenvalue weighted by Gasteiger charge is -2.11. The number of anilines is 1. The van der Waals surface area contributed by atoms with Crippen LogP contribution in [0, 0.1) is 12.7 Å². The fourth-order valence-electron chi connectivity index (χ4n) is 2.12. The second kappa shape index (κ2) is 6.93. The summed E-state index contributed by atoms with van der Waals surface area (Å²) in [5.41, 5.74) is 2.18. The van der Waals surface area contributed by atoms with Crippen LogP contribution in [0.25, 0.3) is 0 Å². The highest BCUT2D eigenvalue weighted by atomic mass is 19.1. The van der Waals surface area contributed by atoms with Gasteiger partial charge in [-0.15, -0.1) is 0 Å². The molecule has 1 amide bonds. The number of hydrogen-bond acceptors (Lipinski definition) is 3. The minimum Gasteiger partial charge on any atom is -0.495 e. The molecule has 0 unspecified atom stereocenters. The van der Waals surface area contributed by atoms with E-state index in [1.165, 1.54) is 19.2 Å². The lowest BCUT2D eigenvalue weighted by Crippen LogP contribution is -2.15. The third-order valence-electron chi connectivity index (χ3n) is 3.21. The van der Waals surface area contributed by atoms with Gasteiger partial charge in [-0.25, -0.2) is 4.39 Å². The van der Waals surface area contributed by atoms with Crippen LogP contribution in [-0.4, -0.2) is 20.1 Å². The van der Waals surface area contributed by atoms with Crippen LogP contribution in [0.4, 0.5) is 10.1 Å². The molecule has 0 fully saturated rings. The summed E-state index contributed by atoms with van der Waals surface area (Å²) in [6, 6.07) is 9.97. The van der Waals surface area contributed by atoms with Crippen molar-refractivity contribution in [1.29, 1.82) is 0 Å².